The van der Waals surface area contributed by atoms with Gasteiger partial charge in [0.1, 0.15) is 5.54 Å². The van der Waals surface area contributed by atoms with Crippen molar-refractivity contribution in [3.05, 3.63) is 64.9 Å². The van der Waals surface area contributed by atoms with E-state index in [0.29, 0.717) is 42.2 Å². The predicted molar refractivity (Wildman–Crippen MR) is 160 cm³/mol. The van der Waals surface area contributed by atoms with E-state index < -0.39 is 15.4 Å². The van der Waals surface area contributed by atoms with Gasteiger partial charge in [-0.2, -0.15) is 15.6 Å². The number of amides is 1. The van der Waals surface area contributed by atoms with Gasteiger partial charge in [0.05, 0.1) is 45.6 Å². The van der Waals surface area contributed by atoms with Crippen molar-refractivity contribution >= 4 is 33.0 Å². The van der Waals surface area contributed by atoms with Gasteiger partial charge in [-0.15, -0.1) is 0 Å². The van der Waals surface area contributed by atoms with Crippen molar-refractivity contribution < 1.29 is 13.2 Å². The number of hydrogen-bond donors (Lipinski definition) is 1. The third-order valence-electron chi connectivity index (χ3n) is 8.73. The first-order valence-corrected chi connectivity index (χ1v) is 16.5. The number of benzene rings is 2. The second-order valence-corrected chi connectivity index (χ2v) is 14.2. The molecule has 3 aliphatic rings. The zero-order chi connectivity index (χ0) is 29.5. The van der Waals surface area contributed by atoms with Crippen molar-refractivity contribution in [2.45, 2.75) is 50.0 Å². The molecule has 0 radical (unpaired) electrons. The minimum atomic E-state index is -2.98. The summed E-state index contributed by atoms with van der Waals surface area (Å²) >= 11 is 6.58. The Morgan fingerprint density at radius 3 is 2.40 bits per heavy atom. The van der Waals surface area contributed by atoms with E-state index in [-0.39, 0.29) is 29.2 Å². The van der Waals surface area contributed by atoms with Crippen LogP contribution in [-0.2, 0) is 14.6 Å². The van der Waals surface area contributed by atoms with Crippen LogP contribution < -0.4 is 10.2 Å². The Labute approximate surface area is 250 Å². The van der Waals surface area contributed by atoms with Crippen molar-refractivity contribution in [3.63, 3.8) is 0 Å². The maximum absolute atomic E-state index is 13.5. The van der Waals surface area contributed by atoms with Gasteiger partial charge in [-0.3, -0.25) is 4.79 Å². The molecule has 0 bridgehead atoms. The van der Waals surface area contributed by atoms with E-state index in [1.807, 2.05) is 30.5 Å². The summed E-state index contributed by atoms with van der Waals surface area (Å²) in [6.45, 7) is 0.927. The molecule has 1 saturated heterocycles. The van der Waals surface area contributed by atoms with Crippen LogP contribution in [0.4, 0.5) is 5.69 Å². The summed E-state index contributed by atoms with van der Waals surface area (Å²) in [6.07, 6.45) is 6.70. The number of halogens is 1. The SMILES string of the molecule is N#Cc1ccc(-n2cc(-c3ccc(N4CCS(=O)(=O)CC4)cc3)c([C@@H]3CCCC[C@H]3C(=O)NC3(C#N)CC3)n2)c(Cl)c1. The smallest absolute Gasteiger partial charge is 0.225 e. The van der Waals surface area contributed by atoms with Crippen LogP contribution in [0.2, 0.25) is 5.02 Å². The monoisotopic (exact) mass is 602 g/mol. The van der Waals surface area contributed by atoms with Crippen LogP contribution in [0.3, 0.4) is 0 Å². The van der Waals surface area contributed by atoms with E-state index in [1.54, 1.807) is 22.9 Å². The van der Waals surface area contributed by atoms with Crippen molar-refractivity contribution in [2.24, 2.45) is 5.92 Å². The van der Waals surface area contributed by atoms with E-state index in [1.165, 1.54) is 0 Å². The second-order valence-electron chi connectivity index (χ2n) is 11.5. The first kappa shape index (κ1) is 28.3. The maximum atomic E-state index is 13.5. The molecule has 11 heteroatoms. The molecular weight excluding hydrogens is 572 g/mol. The van der Waals surface area contributed by atoms with Gasteiger partial charge >= 0.3 is 0 Å². The van der Waals surface area contributed by atoms with Gasteiger partial charge in [0, 0.05) is 42.4 Å². The molecule has 1 N–H and O–H groups in total. The quantitative estimate of drug-likeness (QED) is 0.431. The lowest BCUT2D eigenvalue weighted by molar-refractivity contribution is -0.127. The maximum Gasteiger partial charge on any atom is 0.225 e. The standard InChI is InChI=1S/C31H31ClN6O3S/c32-27-17-21(18-33)5-10-28(27)38-19-26(22-6-8-23(9-7-22)37-13-15-42(40,41)16-14-37)29(36-38)24-3-1-2-4-25(24)30(39)35-31(20-34)11-12-31/h5-10,17,19,24-25H,1-4,11-16H2,(H,35,39)/t24-,25-/m1/s1. The number of nitrogens with one attached hydrogen (secondary N) is 1. The van der Waals surface area contributed by atoms with Gasteiger partial charge in [0.25, 0.3) is 0 Å². The first-order chi connectivity index (χ1) is 20.2. The van der Waals surface area contributed by atoms with Crippen LogP contribution in [0, 0.1) is 28.6 Å². The van der Waals surface area contributed by atoms with Crippen LogP contribution in [0.15, 0.2) is 48.7 Å². The molecule has 1 aromatic heterocycles. The average Bonchev–Trinajstić information content (AvgIpc) is 3.64. The lowest BCUT2D eigenvalue weighted by Gasteiger charge is -2.31. The molecule has 3 fully saturated rings. The van der Waals surface area contributed by atoms with Crippen molar-refractivity contribution in [1.29, 1.82) is 10.5 Å². The van der Waals surface area contributed by atoms with Gasteiger partial charge in [0.2, 0.25) is 5.91 Å². The third-order valence-corrected chi connectivity index (χ3v) is 10.6. The number of anilines is 1. The number of carbonyl (C=O) groups is 1. The summed E-state index contributed by atoms with van der Waals surface area (Å²) in [5.41, 5.74) is 3.92. The second kappa shape index (κ2) is 11.1. The topological polar surface area (TPSA) is 132 Å². The molecule has 2 atom stereocenters. The molecule has 2 saturated carbocycles. The highest BCUT2D eigenvalue weighted by Crippen LogP contribution is 2.43. The molecule has 6 rings (SSSR count). The van der Waals surface area contributed by atoms with Crippen LogP contribution in [0.25, 0.3) is 16.8 Å². The minimum Gasteiger partial charge on any atom is -0.369 e. The molecule has 1 aliphatic heterocycles. The Hall–Kier alpha value is -3.86. The molecule has 1 amide bonds. The number of rotatable bonds is 6. The molecule has 2 aromatic carbocycles. The van der Waals surface area contributed by atoms with Gasteiger partial charge in [-0.1, -0.05) is 36.6 Å². The average molecular weight is 603 g/mol. The first-order valence-electron chi connectivity index (χ1n) is 14.3. The Morgan fingerprint density at radius 2 is 1.76 bits per heavy atom. The summed E-state index contributed by atoms with van der Waals surface area (Å²) in [7, 11) is -2.98. The number of sulfone groups is 1. The molecule has 216 valence electrons. The lowest BCUT2D eigenvalue weighted by Crippen LogP contribution is -2.42. The Morgan fingerprint density at radius 1 is 1.05 bits per heavy atom. The predicted octanol–water partition coefficient (Wildman–Crippen LogP) is 4.75. The third kappa shape index (κ3) is 5.62. The van der Waals surface area contributed by atoms with Crippen molar-refractivity contribution in [1.82, 2.24) is 15.1 Å². The number of carbonyl (C=O) groups excluding carboxylic acids is 1. The summed E-state index contributed by atoms with van der Waals surface area (Å²) in [6, 6.07) is 17.5. The summed E-state index contributed by atoms with van der Waals surface area (Å²) in [5.74, 6) is -0.248. The highest BCUT2D eigenvalue weighted by Gasteiger charge is 2.47. The number of aromatic nitrogens is 2. The van der Waals surface area contributed by atoms with E-state index in [9.17, 15) is 23.7 Å². The molecule has 0 spiro atoms. The van der Waals surface area contributed by atoms with Crippen LogP contribution in [0.5, 0.6) is 0 Å². The fourth-order valence-corrected chi connectivity index (χ4v) is 7.55. The van der Waals surface area contributed by atoms with Gasteiger partial charge in [-0.05, 0) is 61.6 Å². The van der Waals surface area contributed by atoms with E-state index in [4.69, 9.17) is 16.7 Å². The molecule has 9 nitrogen and oxygen atoms in total. The molecule has 0 unspecified atom stereocenters. The molecule has 2 heterocycles. The van der Waals surface area contributed by atoms with Crippen molar-refractivity contribution in [3.8, 4) is 29.0 Å². The fraction of sp³-hybridized carbons (Fsp3) is 0.419. The fourth-order valence-electron chi connectivity index (χ4n) is 6.08. The van der Waals surface area contributed by atoms with Crippen LogP contribution in [-0.4, -0.2) is 54.2 Å². The summed E-state index contributed by atoms with van der Waals surface area (Å²) < 4.78 is 25.5. The number of hydrogen-bond acceptors (Lipinski definition) is 7. The van der Waals surface area contributed by atoms with Crippen molar-refractivity contribution in [2.75, 3.05) is 29.5 Å². The number of nitriles is 2. The molecular formula is C31H31ClN6O3S. The zero-order valence-electron chi connectivity index (χ0n) is 23.1. The Balaban J connectivity index is 1.37. The summed E-state index contributed by atoms with van der Waals surface area (Å²) in [4.78, 5) is 15.6. The van der Waals surface area contributed by atoms with Crippen LogP contribution >= 0.6 is 11.6 Å². The molecule has 3 aromatic rings. The van der Waals surface area contributed by atoms with Gasteiger partial charge < -0.3 is 10.2 Å². The van der Waals surface area contributed by atoms with Gasteiger partial charge in [0.15, 0.2) is 9.84 Å². The Bertz CT molecular complexity index is 1700. The van der Waals surface area contributed by atoms with E-state index in [2.05, 4.69) is 22.4 Å². The van der Waals surface area contributed by atoms with Crippen LogP contribution in [0.1, 0.15) is 55.7 Å². The molecule has 2 aliphatic carbocycles. The van der Waals surface area contributed by atoms with E-state index >= 15 is 0 Å². The summed E-state index contributed by atoms with van der Waals surface area (Å²) in [5, 5.41) is 27.3. The van der Waals surface area contributed by atoms with E-state index in [0.717, 1.165) is 48.2 Å². The van der Waals surface area contributed by atoms with Gasteiger partial charge in [-0.25, -0.2) is 13.1 Å². The largest absolute Gasteiger partial charge is 0.369 e. The lowest BCUT2D eigenvalue weighted by atomic mass is 9.75. The zero-order valence-corrected chi connectivity index (χ0v) is 24.7. The highest BCUT2D eigenvalue weighted by atomic mass is 35.5. The molecule has 42 heavy (non-hydrogen) atoms. The number of nitrogens with zero attached hydrogens (tertiary/aromatic N) is 5. The highest BCUT2D eigenvalue weighted by molar-refractivity contribution is 7.91. The minimum absolute atomic E-state index is 0.0916. The Kier molecular flexibility index (Phi) is 7.46. The normalized spacial score (nSPS) is 22.5.